The SMILES string of the molecule is COc1cc(/C(O)=C2\C(=O)C(=O)N(c3ccc(C(F)(F)F)cc3)C2c2ccccc2C)ccc1Cl. The third kappa shape index (κ3) is 4.37. The highest BCUT2D eigenvalue weighted by atomic mass is 35.5. The van der Waals surface area contributed by atoms with Crippen LogP contribution in [0.1, 0.15) is 28.3 Å². The number of hydrogen-bond donors (Lipinski definition) is 1. The Hall–Kier alpha value is -3.78. The van der Waals surface area contributed by atoms with Crippen molar-refractivity contribution in [3.63, 3.8) is 0 Å². The first-order valence-electron chi connectivity index (χ1n) is 10.4. The van der Waals surface area contributed by atoms with Crippen LogP contribution in [0.15, 0.2) is 72.3 Å². The van der Waals surface area contributed by atoms with E-state index in [4.69, 9.17) is 16.3 Å². The Morgan fingerprint density at radius 3 is 2.29 bits per heavy atom. The molecule has 0 aromatic heterocycles. The van der Waals surface area contributed by atoms with Gasteiger partial charge in [0.25, 0.3) is 11.7 Å². The van der Waals surface area contributed by atoms with Crippen molar-refractivity contribution in [2.24, 2.45) is 0 Å². The van der Waals surface area contributed by atoms with Gasteiger partial charge in [-0.25, -0.2) is 0 Å². The molecule has 1 saturated heterocycles. The van der Waals surface area contributed by atoms with Crippen molar-refractivity contribution < 1.29 is 32.6 Å². The molecule has 1 N–H and O–H groups in total. The lowest BCUT2D eigenvalue weighted by molar-refractivity contribution is -0.137. The quantitative estimate of drug-likeness (QED) is 0.259. The maximum atomic E-state index is 13.2. The standard InChI is InChI=1S/C26H19ClF3NO4/c1-14-5-3-4-6-18(14)22-21(23(32)15-7-12-19(27)20(13-15)35-2)24(33)25(34)31(22)17-10-8-16(9-11-17)26(28,29)30/h3-13,22,32H,1-2H3/b23-21+. The number of Topliss-reactive ketones (excluding diaryl/α,β-unsaturated/α-hetero) is 1. The number of aliphatic hydroxyl groups excluding tert-OH is 1. The van der Waals surface area contributed by atoms with Gasteiger partial charge in [0, 0.05) is 11.3 Å². The van der Waals surface area contributed by atoms with E-state index in [0.29, 0.717) is 5.56 Å². The number of nitrogens with zero attached hydrogens (tertiary/aromatic N) is 1. The lowest BCUT2D eigenvalue weighted by Crippen LogP contribution is -2.29. The van der Waals surface area contributed by atoms with Crippen LogP contribution in [0.4, 0.5) is 18.9 Å². The number of amides is 1. The van der Waals surface area contributed by atoms with Gasteiger partial charge in [-0.3, -0.25) is 14.5 Å². The van der Waals surface area contributed by atoms with Crippen LogP contribution in [-0.2, 0) is 15.8 Å². The van der Waals surface area contributed by atoms with Gasteiger partial charge < -0.3 is 9.84 Å². The first-order chi connectivity index (χ1) is 16.5. The molecule has 0 aliphatic carbocycles. The molecule has 3 aromatic carbocycles. The summed E-state index contributed by atoms with van der Waals surface area (Å²) in [5.74, 6) is -2.15. The maximum Gasteiger partial charge on any atom is 0.416 e. The number of hydrogen-bond acceptors (Lipinski definition) is 4. The Labute approximate surface area is 204 Å². The minimum absolute atomic E-state index is 0.0843. The van der Waals surface area contributed by atoms with Crippen LogP contribution in [-0.4, -0.2) is 23.9 Å². The summed E-state index contributed by atoms with van der Waals surface area (Å²) in [5, 5.41) is 11.5. The summed E-state index contributed by atoms with van der Waals surface area (Å²) in [4.78, 5) is 27.5. The number of aryl methyl sites for hydroxylation is 1. The van der Waals surface area contributed by atoms with Crippen LogP contribution in [0.5, 0.6) is 5.75 Å². The number of carbonyl (C=O) groups is 2. The molecule has 1 unspecified atom stereocenters. The average Bonchev–Trinajstić information content (AvgIpc) is 3.09. The molecule has 1 aliphatic rings. The van der Waals surface area contributed by atoms with Crippen molar-refractivity contribution in [3.05, 3.63) is 99.6 Å². The van der Waals surface area contributed by atoms with E-state index in [9.17, 15) is 27.9 Å². The summed E-state index contributed by atoms with van der Waals surface area (Å²) >= 11 is 6.07. The maximum absolute atomic E-state index is 13.2. The second-order valence-electron chi connectivity index (χ2n) is 7.92. The monoisotopic (exact) mass is 501 g/mol. The number of aliphatic hydroxyl groups is 1. The van der Waals surface area contributed by atoms with Crippen LogP contribution in [0.25, 0.3) is 5.76 Å². The molecule has 0 spiro atoms. The number of carbonyl (C=O) groups excluding carboxylic acids is 2. The number of methoxy groups -OCH3 is 1. The largest absolute Gasteiger partial charge is 0.507 e. The summed E-state index contributed by atoms with van der Waals surface area (Å²) in [6.07, 6.45) is -4.56. The summed E-state index contributed by atoms with van der Waals surface area (Å²) in [7, 11) is 1.39. The lowest BCUT2D eigenvalue weighted by Gasteiger charge is -2.27. The molecular formula is C26H19ClF3NO4. The highest BCUT2D eigenvalue weighted by Crippen LogP contribution is 2.44. The van der Waals surface area contributed by atoms with Crippen LogP contribution < -0.4 is 9.64 Å². The van der Waals surface area contributed by atoms with E-state index in [1.807, 2.05) is 0 Å². The van der Waals surface area contributed by atoms with Gasteiger partial charge in [0.15, 0.2) is 0 Å². The van der Waals surface area contributed by atoms with Crippen molar-refractivity contribution >= 4 is 34.7 Å². The fourth-order valence-electron chi connectivity index (χ4n) is 4.06. The molecule has 1 aliphatic heterocycles. The Morgan fingerprint density at radius 2 is 1.69 bits per heavy atom. The van der Waals surface area contributed by atoms with Crippen molar-refractivity contribution in [3.8, 4) is 5.75 Å². The highest BCUT2D eigenvalue weighted by molar-refractivity contribution is 6.51. The van der Waals surface area contributed by atoms with E-state index in [-0.39, 0.29) is 27.6 Å². The molecule has 35 heavy (non-hydrogen) atoms. The zero-order chi connectivity index (χ0) is 25.5. The van der Waals surface area contributed by atoms with Gasteiger partial charge in [0.2, 0.25) is 0 Å². The first-order valence-corrected chi connectivity index (χ1v) is 10.8. The molecular weight excluding hydrogens is 483 g/mol. The number of ketones is 1. The molecule has 1 amide bonds. The van der Waals surface area contributed by atoms with E-state index < -0.39 is 35.2 Å². The molecule has 1 fully saturated rings. The van der Waals surface area contributed by atoms with Crippen LogP contribution in [0.2, 0.25) is 5.02 Å². The van der Waals surface area contributed by atoms with E-state index >= 15 is 0 Å². The third-order valence-corrected chi connectivity index (χ3v) is 6.14. The van der Waals surface area contributed by atoms with Crippen LogP contribution in [0.3, 0.4) is 0 Å². The topological polar surface area (TPSA) is 66.8 Å². The smallest absolute Gasteiger partial charge is 0.416 e. The van der Waals surface area contributed by atoms with Gasteiger partial charge in [-0.05, 0) is 60.5 Å². The normalized spacial score (nSPS) is 17.7. The Kier molecular flexibility index (Phi) is 6.34. The van der Waals surface area contributed by atoms with E-state index in [1.165, 1.54) is 25.3 Å². The zero-order valence-electron chi connectivity index (χ0n) is 18.6. The molecule has 9 heteroatoms. The molecule has 4 rings (SSSR count). The molecule has 0 bridgehead atoms. The zero-order valence-corrected chi connectivity index (χ0v) is 19.3. The van der Waals surface area contributed by atoms with Gasteiger partial charge in [-0.2, -0.15) is 13.2 Å². The van der Waals surface area contributed by atoms with E-state index in [0.717, 1.165) is 34.7 Å². The first kappa shape index (κ1) is 24.3. The number of rotatable bonds is 4. The molecule has 0 radical (unpaired) electrons. The van der Waals surface area contributed by atoms with Crippen molar-refractivity contribution in [1.29, 1.82) is 0 Å². The van der Waals surface area contributed by atoms with Crippen molar-refractivity contribution in [2.45, 2.75) is 19.1 Å². The van der Waals surface area contributed by atoms with Gasteiger partial charge in [0.05, 0.1) is 29.3 Å². The molecule has 1 atom stereocenters. The summed E-state index contributed by atoms with van der Waals surface area (Å²) < 4.78 is 44.4. The number of halogens is 4. The van der Waals surface area contributed by atoms with E-state index in [2.05, 4.69) is 0 Å². The lowest BCUT2D eigenvalue weighted by atomic mass is 9.92. The highest BCUT2D eigenvalue weighted by Gasteiger charge is 2.47. The number of alkyl halides is 3. The average molecular weight is 502 g/mol. The second-order valence-corrected chi connectivity index (χ2v) is 8.33. The minimum atomic E-state index is -4.56. The second kappa shape index (κ2) is 9.11. The van der Waals surface area contributed by atoms with Crippen LogP contribution >= 0.6 is 11.6 Å². The van der Waals surface area contributed by atoms with E-state index in [1.54, 1.807) is 31.2 Å². The van der Waals surface area contributed by atoms with Crippen LogP contribution in [0, 0.1) is 6.92 Å². The fourth-order valence-corrected chi connectivity index (χ4v) is 4.25. The summed E-state index contributed by atoms with van der Waals surface area (Å²) in [6, 6.07) is 14.2. The van der Waals surface area contributed by atoms with Gasteiger partial charge in [0.1, 0.15) is 11.5 Å². The van der Waals surface area contributed by atoms with Crippen molar-refractivity contribution in [1.82, 2.24) is 0 Å². The molecule has 0 saturated carbocycles. The van der Waals surface area contributed by atoms with Gasteiger partial charge in [-0.1, -0.05) is 35.9 Å². The number of anilines is 1. The predicted octanol–water partition coefficient (Wildman–Crippen LogP) is 6.30. The van der Waals surface area contributed by atoms with Crippen molar-refractivity contribution in [2.75, 3.05) is 12.0 Å². The minimum Gasteiger partial charge on any atom is -0.507 e. The Bertz CT molecular complexity index is 1350. The molecule has 5 nitrogen and oxygen atoms in total. The summed E-state index contributed by atoms with van der Waals surface area (Å²) in [5.41, 5.74) is 0.438. The number of benzene rings is 3. The molecule has 180 valence electrons. The summed E-state index contributed by atoms with van der Waals surface area (Å²) in [6.45, 7) is 1.77. The number of ether oxygens (including phenoxy) is 1. The molecule has 3 aromatic rings. The Morgan fingerprint density at radius 1 is 1.03 bits per heavy atom. The Balaban J connectivity index is 1.93. The predicted molar refractivity (Wildman–Crippen MR) is 125 cm³/mol. The third-order valence-electron chi connectivity index (χ3n) is 5.82. The fraction of sp³-hybridized carbons (Fsp3) is 0.154. The van der Waals surface area contributed by atoms with Gasteiger partial charge >= 0.3 is 6.18 Å². The van der Waals surface area contributed by atoms with Gasteiger partial charge in [-0.15, -0.1) is 0 Å². The molecule has 1 heterocycles.